The second kappa shape index (κ2) is 4.89. The smallest absolute Gasteiger partial charge is 0.178 e. The largest absolute Gasteiger partial charge is 0.314 e. The number of hydrogen-bond donors (Lipinski definition) is 1. The quantitative estimate of drug-likeness (QED) is 0.904. The lowest BCUT2D eigenvalue weighted by Crippen LogP contribution is -2.58. The van der Waals surface area contributed by atoms with Crippen LogP contribution in [0.1, 0.15) is 24.9 Å². The lowest BCUT2D eigenvalue weighted by Gasteiger charge is -2.44. The number of nitrogens with zero attached hydrogens (tertiary/aromatic N) is 1. The second-order valence-corrected chi connectivity index (χ2v) is 7.38. The maximum Gasteiger partial charge on any atom is 0.178 e. The van der Waals surface area contributed by atoms with E-state index in [1.54, 1.807) is 6.07 Å². The highest BCUT2D eigenvalue weighted by atomic mass is 32.2. The molecular formula is C14H20N2O2S. The van der Waals surface area contributed by atoms with E-state index in [0.717, 1.165) is 25.2 Å². The van der Waals surface area contributed by atoms with Gasteiger partial charge in [0.05, 0.1) is 10.6 Å². The van der Waals surface area contributed by atoms with E-state index >= 15 is 0 Å². The van der Waals surface area contributed by atoms with Gasteiger partial charge in [0.25, 0.3) is 0 Å². The van der Waals surface area contributed by atoms with Gasteiger partial charge in [0.15, 0.2) is 9.84 Å². The van der Waals surface area contributed by atoms with Crippen LogP contribution in [-0.2, 0) is 9.84 Å². The Morgan fingerprint density at radius 1 is 1.32 bits per heavy atom. The third-order valence-corrected chi connectivity index (χ3v) is 6.08. The Morgan fingerprint density at radius 3 is 2.68 bits per heavy atom. The van der Waals surface area contributed by atoms with Crippen molar-refractivity contribution in [3.05, 3.63) is 29.8 Å². The summed E-state index contributed by atoms with van der Waals surface area (Å²) < 4.78 is 24.3. The number of benzene rings is 1. The highest BCUT2D eigenvalue weighted by Gasteiger charge is 2.36. The standard InChI is InChI=1S/C14H20N2O2S/c1-2-16(11-9-15-10-11)13-7-8-19(17,18)14-6-4-3-5-12(13)14/h3-6,11,13,15H,2,7-10H2,1H3. The van der Waals surface area contributed by atoms with Gasteiger partial charge in [-0.15, -0.1) is 0 Å². The molecule has 4 nitrogen and oxygen atoms in total. The predicted octanol–water partition coefficient (Wildman–Crippen LogP) is 1.20. The topological polar surface area (TPSA) is 49.4 Å². The van der Waals surface area contributed by atoms with Crippen molar-refractivity contribution in [3.63, 3.8) is 0 Å². The molecule has 19 heavy (non-hydrogen) atoms. The Bertz CT molecular complexity index is 567. The second-order valence-electron chi connectivity index (χ2n) is 5.30. The predicted molar refractivity (Wildman–Crippen MR) is 74.9 cm³/mol. The van der Waals surface area contributed by atoms with E-state index in [0.29, 0.717) is 17.4 Å². The van der Waals surface area contributed by atoms with Crippen LogP contribution in [0.5, 0.6) is 0 Å². The Labute approximate surface area is 114 Å². The maximum absolute atomic E-state index is 12.2. The molecular weight excluding hydrogens is 260 g/mol. The minimum Gasteiger partial charge on any atom is -0.314 e. The van der Waals surface area contributed by atoms with Crippen molar-refractivity contribution >= 4 is 9.84 Å². The molecule has 0 aliphatic carbocycles. The summed E-state index contributed by atoms with van der Waals surface area (Å²) in [7, 11) is -3.07. The minimum absolute atomic E-state index is 0.247. The molecule has 1 fully saturated rings. The minimum atomic E-state index is -3.07. The van der Waals surface area contributed by atoms with Gasteiger partial charge in [0.2, 0.25) is 0 Å². The van der Waals surface area contributed by atoms with Crippen molar-refractivity contribution in [1.29, 1.82) is 0 Å². The van der Waals surface area contributed by atoms with E-state index in [4.69, 9.17) is 0 Å². The third kappa shape index (κ3) is 2.20. The van der Waals surface area contributed by atoms with Gasteiger partial charge in [-0.1, -0.05) is 25.1 Å². The van der Waals surface area contributed by atoms with E-state index in [9.17, 15) is 8.42 Å². The van der Waals surface area contributed by atoms with Gasteiger partial charge in [-0.3, -0.25) is 4.90 Å². The monoisotopic (exact) mass is 280 g/mol. The molecule has 1 saturated heterocycles. The van der Waals surface area contributed by atoms with Gasteiger partial charge in [0.1, 0.15) is 0 Å². The van der Waals surface area contributed by atoms with Gasteiger partial charge >= 0.3 is 0 Å². The Hall–Kier alpha value is -0.910. The van der Waals surface area contributed by atoms with Gasteiger partial charge in [-0.25, -0.2) is 8.42 Å². The third-order valence-electron chi connectivity index (χ3n) is 4.27. The molecule has 0 bridgehead atoms. The molecule has 1 atom stereocenters. The Balaban J connectivity index is 1.99. The fourth-order valence-electron chi connectivity index (χ4n) is 3.16. The summed E-state index contributed by atoms with van der Waals surface area (Å²) >= 11 is 0. The number of hydrogen-bond acceptors (Lipinski definition) is 4. The molecule has 0 amide bonds. The first kappa shape index (κ1) is 13.1. The first-order valence-corrected chi connectivity index (χ1v) is 8.57. The van der Waals surface area contributed by atoms with Crippen LogP contribution in [-0.4, -0.2) is 44.7 Å². The normalized spacial score (nSPS) is 25.9. The number of rotatable bonds is 3. The van der Waals surface area contributed by atoms with Crippen LogP contribution in [0, 0.1) is 0 Å². The molecule has 2 aliphatic rings. The molecule has 1 aromatic rings. The molecule has 0 saturated carbocycles. The Morgan fingerprint density at radius 2 is 2.05 bits per heavy atom. The lowest BCUT2D eigenvalue weighted by atomic mass is 9.98. The van der Waals surface area contributed by atoms with Gasteiger partial charge in [-0.05, 0) is 24.6 Å². The average molecular weight is 280 g/mol. The highest BCUT2D eigenvalue weighted by molar-refractivity contribution is 7.91. The summed E-state index contributed by atoms with van der Waals surface area (Å²) in [6.07, 6.45) is 0.712. The number of nitrogens with one attached hydrogen (secondary N) is 1. The van der Waals surface area contributed by atoms with Crippen molar-refractivity contribution in [2.45, 2.75) is 30.3 Å². The van der Waals surface area contributed by atoms with Gasteiger partial charge in [-0.2, -0.15) is 0 Å². The molecule has 0 aromatic heterocycles. The van der Waals surface area contributed by atoms with Gasteiger partial charge in [0, 0.05) is 25.2 Å². The molecule has 104 valence electrons. The van der Waals surface area contributed by atoms with E-state index in [-0.39, 0.29) is 11.8 Å². The van der Waals surface area contributed by atoms with Crippen LogP contribution in [0.3, 0.4) is 0 Å². The molecule has 0 radical (unpaired) electrons. The maximum atomic E-state index is 12.2. The van der Waals surface area contributed by atoms with Crippen LogP contribution in [0.15, 0.2) is 29.2 Å². The van der Waals surface area contributed by atoms with Crippen LogP contribution < -0.4 is 5.32 Å². The highest BCUT2D eigenvalue weighted by Crippen LogP contribution is 2.37. The molecule has 2 aliphatic heterocycles. The zero-order chi connectivity index (χ0) is 13.5. The van der Waals surface area contributed by atoms with E-state index < -0.39 is 9.84 Å². The van der Waals surface area contributed by atoms with Crippen LogP contribution in [0.4, 0.5) is 0 Å². The molecule has 1 unspecified atom stereocenters. The van der Waals surface area contributed by atoms with Crippen LogP contribution in [0.2, 0.25) is 0 Å². The van der Waals surface area contributed by atoms with Crippen LogP contribution >= 0.6 is 0 Å². The number of fused-ring (bicyclic) bond motifs is 1. The molecule has 1 aromatic carbocycles. The van der Waals surface area contributed by atoms with E-state index in [1.807, 2.05) is 18.2 Å². The van der Waals surface area contributed by atoms with Crippen molar-refractivity contribution in [2.75, 3.05) is 25.4 Å². The SMILES string of the molecule is CCN(C1CNC1)C1CCS(=O)(=O)c2ccccc21. The Kier molecular flexibility index (Phi) is 3.37. The summed E-state index contributed by atoms with van der Waals surface area (Å²) in [4.78, 5) is 2.99. The summed E-state index contributed by atoms with van der Waals surface area (Å²) in [5, 5.41) is 3.30. The van der Waals surface area contributed by atoms with Crippen molar-refractivity contribution in [1.82, 2.24) is 10.2 Å². The molecule has 5 heteroatoms. The fourth-order valence-corrected chi connectivity index (χ4v) is 4.76. The first-order valence-electron chi connectivity index (χ1n) is 6.91. The van der Waals surface area contributed by atoms with Crippen molar-refractivity contribution < 1.29 is 8.42 Å². The van der Waals surface area contributed by atoms with Gasteiger partial charge < -0.3 is 5.32 Å². The summed E-state index contributed by atoms with van der Waals surface area (Å²) in [6.45, 7) is 5.15. The van der Waals surface area contributed by atoms with Crippen LogP contribution in [0.25, 0.3) is 0 Å². The van der Waals surface area contributed by atoms with Crippen molar-refractivity contribution in [2.24, 2.45) is 0 Å². The summed E-state index contributed by atoms with van der Waals surface area (Å²) in [5.74, 6) is 0.269. The lowest BCUT2D eigenvalue weighted by molar-refractivity contribution is 0.0958. The van der Waals surface area contributed by atoms with Crippen molar-refractivity contribution in [3.8, 4) is 0 Å². The molecule has 2 heterocycles. The zero-order valence-corrected chi connectivity index (χ0v) is 12.0. The number of sulfone groups is 1. The summed E-state index contributed by atoms with van der Waals surface area (Å²) in [6, 6.07) is 8.29. The fraction of sp³-hybridized carbons (Fsp3) is 0.571. The first-order chi connectivity index (χ1) is 9.13. The van der Waals surface area contributed by atoms with E-state index in [2.05, 4.69) is 17.1 Å². The molecule has 3 rings (SSSR count). The average Bonchev–Trinajstić information content (AvgIpc) is 2.35. The molecule has 0 spiro atoms. The number of likely N-dealkylation sites (N-methyl/N-ethyl adjacent to an activating group) is 1. The van der Waals surface area contributed by atoms with E-state index in [1.165, 1.54) is 0 Å². The molecule has 1 N–H and O–H groups in total. The summed E-state index contributed by atoms with van der Waals surface area (Å²) in [5.41, 5.74) is 0.988. The zero-order valence-electron chi connectivity index (χ0n) is 11.2.